The number of unbranched alkanes of at least 4 members (excludes halogenated alkanes) is 3. The number of carbonyl (C=O) groups is 2. The van der Waals surface area contributed by atoms with Gasteiger partial charge in [0.05, 0.1) is 0 Å². The van der Waals surface area contributed by atoms with Crippen LogP contribution in [0.15, 0.2) is 30.3 Å². The second kappa shape index (κ2) is 10.00. The van der Waals surface area contributed by atoms with Crippen LogP contribution in [0, 0.1) is 0 Å². The van der Waals surface area contributed by atoms with E-state index in [0.29, 0.717) is 18.0 Å². The van der Waals surface area contributed by atoms with Gasteiger partial charge in [0.1, 0.15) is 0 Å². The average molecular weight is 310 g/mol. The van der Waals surface area contributed by atoms with Crippen LogP contribution in [-0.4, -0.2) is 23.5 Å². The van der Waals surface area contributed by atoms with Gasteiger partial charge in [-0.1, -0.05) is 36.6 Å². The average Bonchev–Trinajstić information content (AvgIpc) is 2.45. The summed E-state index contributed by atoms with van der Waals surface area (Å²) >= 11 is 5.78. The Hall–Kier alpha value is -1.81. The molecular formula is C16H20ClNO3. The monoisotopic (exact) mass is 309 g/mol. The minimum absolute atomic E-state index is 0.129. The van der Waals surface area contributed by atoms with Crippen LogP contribution in [0.1, 0.15) is 37.7 Å². The molecule has 1 aromatic rings. The summed E-state index contributed by atoms with van der Waals surface area (Å²) in [7, 11) is 0. The molecule has 0 fully saturated rings. The van der Waals surface area contributed by atoms with Crippen molar-refractivity contribution in [3.63, 3.8) is 0 Å². The number of hydrogen-bond acceptors (Lipinski definition) is 2. The van der Waals surface area contributed by atoms with Crippen LogP contribution in [0.2, 0.25) is 5.02 Å². The van der Waals surface area contributed by atoms with E-state index in [0.717, 1.165) is 24.8 Å². The van der Waals surface area contributed by atoms with E-state index in [4.69, 9.17) is 16.7 Å². The molecule has 0 saturated heterocycles. The largest absolute Gasteiger partial charge is 0.481 e. The number of carboxylic acid groups (broad SMARTS) is 1. The summed E-state index contributed by atoms with van der Waals surface area (Å²) in [6.45, 7) is 0.608. The van der Waals surface area contributed by atoms with Gasteiger partial charge in [-0.3, -0.25) is 9.59 Å². The fourth-order valence-electron chi connectivity index (χ4n) is 1.77. The fourth-order valence-corrected chi connectivity index (χ4v) is 1.90. The Morgan fingerprint density at radius 1 is 1.10 bits per heavy atom. The lowest BCUT2D eigenvalue weighted by Crippen LogP contribution is -2.21. The molecule has 0 bridgehead atoms. The number of nitrogens with one attached hydrogen (secondary N) is 1. The highest BCUT2D eigenvalue weighted by molar-refractivity contribution is 6.30. The molecule has 21 heavy (non-hydrogen) atoms. The van der Waals surface area contributed by atoms with Crippen molar-refractivity contribution >= 4 is 29.6 Å². The second-order valence-electron chi connectivity index (χ2n) is 4.73. The maximum Gasteiger partial charge on any atom is 0.303 e. The summed E-state index contributed by atoms with van der Waals surface area (Å²) in [6, 6.07) is 7.23. The van der Waals surface area contributed by atoms with Gasteiger partial charge in [0.15, 0.2) is 0 Å². The van der Waals surface area contributed by atoms with Gasteiger partial charge in [0, 0.05) is 24.1 Å². The molecule has 0 unspecified atom stereocenters. The highest BCUT2D eigenvalue weighted by atomic mass is 35.5. The lowest BCUT2D eigenvalue weighted by atomic mass is 10.1. The maximum atomic E-state index is 11.6. The molecule has 0 heterocycles. The zero-order valence-electron chi connectivity index (χ0n) is 11.8. The number of aliphatic carboxylic acids is 1. The molecule has 0 radical (unpaired) electrons. The van der Waals surface area contributed by atoms with Gasteiger partial charge in [-0.15, -0.1) is 0 Å². The predicted octanol–water partition coefficient (Wildman–Crippen LogP) is 3.50. The number of halogens is 1. The van der Waals surface area contributed by atoms with Crippen molar-refractivity contribution in [1.29, 1.82) is 0 Å². The molecule has 4 nitrogen and oxygen atoms in total. The molecular weight excluding hydrogens is 290 g/mol. The van der Waals surface area contributed by atoms with Crippen LogP contribution in [-0.2, 0) is 9.59 Å². The van der Waals surface area contributed by atoms with Crippen LogP contribution in [0.5, 0.6) is 0 Å². The predicted molar refractivity (Wildman–Crippen MR) is 84.2 cm³/mol. The van der Waals surface area contributed by atoms with E-state index in [9.17, 15) is 9.59 Å². The van der Waals surface area contributed by atoms with Gasteiger partial charge >= 0.3 is 5.97 Å². The quantitative estimate of drug-likeness (QED) is 0.542. The Morgan fingerprint density at radius 3 is 2.43 bits per heavy atom. The Labute approximate surface area is 129 Å². The normalized spacial score (nSPS) is 10.7. The molecule has 1 aromatic carbocycles. The SMILES string of the molecule is O=C(O)CCCCCCNC(=O)/C=C/c1ccc(Cl)cc1. The molecule has 0 saturated carbocycles. The van der Waals surface area contributed by atoms with Crippen molar-refractivity contribution < 1.29 is 14.7 Å². The highest BCUT2D eigenvalue weighted by Crippen LogP contribution is 2.10. The molecule has 0 aliphatic rings. The summed E-state index contributed by atoms with van der Waals surface area (Å²) < 4.78 is 0. The van der Waals surface area contributed by atoms with Crippen molar-refractivity contribution in [3.8, 4) is 0 Å². The van der Waals surface area contributed by atoms with Crippen molar-refractivity contribution in [2.75, 3.05) is 6.54 Å². The van der Waals surface area contributed by atoms with Gasteiger partial charge in [-0.2, -0.15) is 0 Å². The van der Waals surface area contributed by atoms with Gasteiger partial charge < -0.3 is 10.4 Å². The molecule has 0 aliphatic carbocycles. The van der Waals surface area contributed by atoms with Crippen molar-refractivity contribution in [2.45, 2.75) is 32.1 Å². The Balaban J connectivity index is 2.11. The summed E-state index contributed by atoms with van der Waals surface area (Å²) in [5.41, 5.74) is 0.920. The summed E-state index contributed by atoms with van der Waals surface area (Å²) in [6.07, 6.45) is 6.81. The van der Waals surface area contributed by atoms with Gasteiger partial charge in [0.25, 0.3) is 0 Å². The van der Waals surface area contributed by atoms with Crippen LogP contribution in [0.25, 0.3) is 6.08 Å². The van der Waals surface area contributed by atoms with Crippen LogP contribution < -0.4 is 5.32 Å². The minimum atomic E-state index is -0.754. The molecule has 1 amide bonds. The third-order valence-electron chi connectivity index (χ3n) is 2.91. The first-order chi connectivity index (χ1) is 10.1. The Bertz CT molecular complexity index is 483. The van der Waals surface area contributed by atoms with Crippen molar-refractivity contribution in [1.82, 2.24) is 5.32 Å². The van der Waals surface area contributed by atoms with E-state index in [1.165, 1.54) is 6.08 Å². The molecule has 2 N–H and O–H groups in total. The lowest BCUT2D eigenvalue weighted by Gasteiger charge is -2.02. The first kappa shape index (κ1) is 17.2. The van der Waals surface area contributed by atoms with Gasteiger partial charge in [0.2, 0.25) is 5.91 Å². The van der Waals surface area contributed by atoms with Gasteiger partial charge in [-0.05, 0) is 36.6 Å². The zero-order chi connectivity index (χ0) is 15.5. The van der Waals surface area contributed by atoms with E-state index < -0.39 is 5.97 Å². The third kappa shape index (κ3) is 8.87. The molecule has 0 aromatic heterocycles. The second-order valence-corrected chi connectivity index (χ2v) is 5.17. The highest BCUT2D eigenvalue weighted by Gasteiger charge is 1.98. The van der Waals surface area contributed by atoms with Gasteiger partial charge in [-0.25, -0.2) is 0 Å². The molecule has 0 atom stereocenters. The first-order valence-electron chi connectivity index (χ1n) is 7.01. The molecule has 1 rings (SSSR count). The fraction of sp³-hybridized carbons (Fsp3) is 0.375. The lowest BCUT2D eigenvalue weighted by molar-refractivity contribution is -0.137. The summed E-state index contributed by atoms with van der Waals surface area (Å²) in [5, 5.41) is 11.9. The number of hydrogen-bond donors (Lipinski definition) is 2. The Kier molecular flexibility index (Phi) is 8.21. The van der Waals surface area contributed by atoms with E-state index >= 15 is 0 Å². The topological polar surface area (TPSA) is 66.4 Å². The maximum absolute atomic E-state index is 11.6. The third-order valence-corrected chi connectivity index (χ3v) is 3.17. The number of benzene rings is 1. The number of carbonyl (C=O) groups excluding carboxylic acids is 1. The van der Waals surface area contributed by atoms with E-state index in [2.05, 4.69) is 5.32 Å². The zero-order valence-corrected chi connectivity index (χ0v) is 12.6. The summed E-state index contributed by atoms with van der Waals surface area (Å²) in [5.74, 6) is -0.883. The van der Waals surface area contributed by atoms with Crippen LogP contribution >= 0.6 is 11.6 Å². The van der Waals surface area contributed by atoms with E-state index in [-0.39, 0.29) is 12.3 Å². The first-order valence-corrected chi connectivity index (χ1v) is 7.39. The smallest absolute Gasteiger partial charge is 0.303 e. The standard InChI is InChI=1S/C16H20ClNO3/c17-14-9-6-13(7-10-14)8-11-15(19)18-12-4-2-1-3-5-16(20)21/h6-11H,1-5,12H2,(H,18,19)(H,20,21)/b11-8+. The van der Waals surface area contributed by atoms with E-state index in [1.54, 1.807) is 18.2 Å². The van der Waals surface area contributed by atoms with Crippen molar-refractivity contribution in [2.24, 2.45) is 0 Å². The number of rotatable bonds is 9. The van der Waals surface area contributed by atoms with Crippen LogP contribution in [0.3, 0.4) is 0 Å². The Morgan fingerprint density at radius 2 is 1.76 bits per heavy atom. The summed E-state index contributed by atoms with van der Waals surface area (Å²) in [4.78, 5) is 21.9. The molecule has 114 valence electrons. The minimum Gasteiger partial charge on any atom is -0.481 e. The van der Waals surface area contributed by atoms with Crippen molar-refractivity contribution in [3.05, 3.63) is 40.9 Å². The number of amides is 1. The number of carboxylic acids is 1. The van der Waals surface area contributed by atoms with Crippen LogP contribution in [0.4, 0.5) is 0 Å². The molecule has 5 heteroatoms. The molecule has 0 spiro atoms. The van der Waals surface area contributed by atoms with E-state index in [1.807, 2.05) is 12.1 Å². The molecule has 0 aliphatic heterocycles.